The molecule has 1 unspecified atom stereocenters. The molecule has 0 aromatic heterocycles. The normalized spacial score (nSPS) is 12.9. The first-order chi connectivity index (χ1) is 7.63. The van der Waals surface area contributed by atoms with E-state index in [0.717, 1.165) is 12.2 Å². The quantitative estimate of drug-likeness (QED) is 0.735. The van der Waals surface area contributed by atoms with Crippen LogP contribution < -0.4 is 4.74 Å². The van der Waals surface area contributed by atoms with E-state index in [1.807, 2.05) is 20.2 Å². The number of hydrogen-bond donors (Lipinski definition) is 0. The van der Waals surface area contributed by atoms with Crippen molar-refractivity contribution in [3.05, 3.63) is 29.3 Å². The van der Waals surface area contributed by atoms with Crippen LogP contribution in [0.3, 0.4) is 0 Å². The third kappa shape index (κ3) is 2.89. The smallest absolute Gasteiger partial charge is 0.122 e. The molecule has 0 spiro atoms. The largest absolute Gasteiger partial charge is 0.496 e. The minimum Gasteiger partial charge on any atom is -0.496 e. The Balaban J connectivity index is 3.06. The molecule has 0 aliphatic heterocycles. The van der Waals surface area contributed by atoms with Gasteiger partial charge in [-0.15, -0.1) is 11.6 Å². The molecule has 0 saturated carbocycles. The van der Waals surface area contributed by atoms with Crippen LogP contribution in [0.4, 0.5) is 0 Å². The van der Waals surface area contributed by atoms with E-state index in [0.29, 0.717) is 5.88 Å². The van der Waals surface area contributed by atoms with Gasteiger partial charge >= 0.3 is 0 Å². The Morgan fingerprint density at radius 1 is 1.38 bits per heavy atom. The van der Waals surface area contributed by atoms with E-state index < -0.39 is 0 Å². The molecule has 1 rings (SSSR count). The van der Waals surface area contributed by atoms with Gasteiger partial charge in [0.2, 0.25) is 0 Å². The van der Waals surface area contributed by atoms with E-state index >= 15 is 0 Å². The predicted molar refractivity (Wildman–Crippen MR) is 69.5 cm³/mol. The van der Waals surface area contributed by atoms with E-state index in [4.69, 9.17) is 16.3 Å². The Hall–Kier alpha value is -0.730. The van der Waals surface area contributed by atoms with Crippen molar-refractivity contribution in [1.82, 2.24) is 4.90 Å². The second-order valence-electron chi connectivity index (χ2n) is 4.06. The number of ether oxygens (including phenoxy) is 1. The van der Waals surface area contributed by atoms with Crippen LogP contribution in [-0.2, 0) is 6.42 Å². The molecule has 3 heteroatoms. The summed E-state index contributed by atoms with van der Waals surface area (Å²) in [5, 5.41) is 0. The van der Waals surface area contributed by atoms with Gasteiger partial charge in [-0.25, -0.2) is 0 Å². The highest BCUT2D eigenvalue weighted by molar-refractivity contribution is 6.18. The number of aryl methyl sites for hydroxylation is 1. The SMILES string of the molecule is CCc1cc(C(CCl)N(C)C)ccc1OC. The first-order valence-electron chi connectivity index (χ1n) is 5.53. The predicted octanol–water partition coefficient (Wildman–Crippen LogP) is 3.10. The Labute approximate surface area is 103 Å². The monoisotopic (exact) mass is 241 g/mol. The van der Waals surface area contributed by atoms with E-state index in [9.17, 15) is 0 Å². The number of alkyl halides is 1. The summed E-state index contributed by atoms with van der Waals surface area (Å²) in [6.07, 6.45) is 0.972. The van der Waals surface area contributed by atoms with Gasteiger partial charge < -0.3 is 9.64 Å². The standard InChI is InChI=1S/C13H20ClNO/c1-5-10-8-11(6-7-13(10)16-4)12(9-14)15(2)3/h6-8,12H,5,9H2,1-4H3. The molecule has 1 atom stereocenters. The highest BCUT2D eigenvalue weighted by atomic mass is 35.5. The van der Waals surface area contributed by atoms with Gasteiger partial charge in [0.25, 0.3) is 0 Å². The molecule has 0 fully saturated rings. The summed E-state index contributed by atoms with van der Waals surface area (Å²) in [4.78, 5) is 2.13. The van der Waals surface area contributed by atoms with Crippen molar-refractivity contribution in [3.8, 4) is 5.75 Å². The lowest BCUT2D eigenvalue weighted by molar-refractivity contribution is 0.324. The number of nitrogens with zero attached hydrogens (tertiary/aromatic N) is 1. The highest BCUT2D eigenvalue weighted by Crippen LogP contribution is 2.26. The zero-order valence-electron chi connectivity index (χ0n) is 10.5. The lowest BCUT2D eigenvalue weighted by Crippen LogP contribution is -2.21. The van der Waals surface area contributed by atoms with Crippen LogP contribution in [0, 0.1) is 0 Å². The van der Waals surface area contributed by atoms with Crippen molar-refractivity contribution in [2.45, 2.75) is 19.4 Å². The fraction of sp³-hybridized carbons (Fsp3) is 0.538. The third-order valence-corrected chi connectivity index (χ3v) is 3.13. The number of hydrogen-bond acceptors (Lipinski definition) is 2. The summed E-state index contributed by atoms with van der Waals surface area (Å²) >= 11 is 5.99. The molecule has 0 aliphatic rings. The van der Waals surface area contributed by atoms with Crippen molar-refractivity contribution >= 4 is 11.6 Å². The highest BCUT2D eigenvalue weighted by Gasteiger charge is 2.14. The van der Waals surface area contributed by atoms with Crippen LogP contribution in [0.2, 0.25) is 0 Å². The van der Waals surface area contributed by atoms with Crippen LogP contribution in [-0.4, -0.2) is 32.0 Å². The van der Waals surface area contributed by atoms with Crippen molar-refractivity contribution in [1.29, 1.82) is 0 Å². The first-order valence-corrected chi connectivity index (χ1v) is 6.06. The van der Waals surface area contributed by atoms with Crippen LogP contribution in [0.5, 0.6) is 5.75 Å². The zero-order valence-corrected chi connectivity index (χ0v) is 11.2. The lowest BCUT2D eigenvalue weighted by atomic mass is 10.0. The maximum Gasteiger partial charge on any atom is 0.122 e. The summed E-state index contributed by atoms with van der Waals surface area (Å²) in [7, 11) is 5.80. The summed E-state index contributed by atoms with van der Waals surface area (Å²) in [6.45, 7) is 2.13. The second kappa shape index (κ2) is 6.12. The van der Waals surface area contributed by atoms with Gasteiger partial charge in [-0.1, -0.05) is 19.1 Å². The molecule has 0 N–H and O–H groups in total. The van der Waals surface area contributed by atoms with E-state index in [1.54, 1.807) is 7.11 Å². The Morgan fingerprint density at radius 3 is 2.50 bits per heavy atom. The summed E-state index contributed by atoms with van der Waals surface area (Å²) in [6, 6.07) is 6.56. The van der Waals surface area contributed by atoms with Gasteiger partial charge in [-0.3, -0.25) is 0 Å². The molecule has 1 aromatic carbocycles. The van der Waals surface area contributed by atoms with Gasteiger partial charge in [0.1, 0.15) is 5.75 Å². The average molecular weight is 242 g/mol. The molecule has 0 bridgehead atoms. The minimum absolute atomic E-state index is 0.262. The molecule has 0 radical (unpaired) electrons. The van der Waals surface area contributed by atoms with Gasteiger partial charge in [0, 0.05) is 11.9 Å². The van der Waals surface area contributed by atoms with Crippen LogP contribution in [0.1, 0.15) is 24.1 Å². The van der Waals surface area contributed by atoms with Crippen molar-refractivity contribution in [2.75, 3.05) is 27.1 Å². The summed E-state index contributed by atoms with van der Waals surface area (Å²) in [5.74, 6) is 1.56. The van der Waals surface area contributed by atoms with Crippen LogP contribution in [0.15, 0.2) is 18.2 Å². The fourth-order valence-corrected chi connectivity index (χ4v) is 2.26. The maximum atomic E-state index is 5.99. The number of rotatable bonds is 5. The Kier molecular flexibility index (Phi) is 5.10. The number of halogens is 1. The van der Waals surface area contributed by atoms with Gasteiger partial charge in [0.15, 0.2) is 0 Å². The molecule has 1 aromatic rings. The van der Waals surface area contributed by atoms with Crippen LogP contribution in [0.25, 0.3) is 0 Å². The fourth-order valence-electron chi connectivity index (χ4n) is 1.81. The van der Waals surface area contributed by atoms with Crippen molar-refractivity contribution < 1.29 is 4.74 Å². The number of benzene rings is 1. The van der Waals surface area contributed by atoms with E-state index in [1.165, 1.54) is 11.1 Å². The maximum absolute atomic E-state index is 5.99. The van der Waals surface area contributed by atoms with Gasteiger partial charge in [0.05, 0.1) is 7.11 Å². The molecule has 0 aliphatic carbocycles. The average Bonchev–Trinajstić information content (AvgIpc) is 2.29. The van der Waals surface area contributed by atoms with Crippen molar-refractivity contribution in [2.24, 2.45) is 0 Å². The second-order valence-corrected chi connectivity index (χ2v) is 4.37. The van der Waals surface area contributed by atoms with Gasteiger partial charge in [-0.2, -0.15) is 0 Å². The number of methoxy groups -OCH3 is 1. The molecule has 0 saturated heterocycles. The van der Waals surface area contributed by atoms with Crippen molar-refractivity contribution in [3.63, 3.8) is 0 Å². The Morgan fingerprint density at radius 2 is 2.06 bits per heavy atom. The van der Waals surface area contributed by atoms with E-state index in [-0.39, 0.29) is 6.04 Å². The molecular weight excluding hydrogens is 222 g/mol. The van der Waals surface area contributed by atoms with E-state index in [2.05, 4.69) is 24.0 Å². The zero-order chi connectivity index (χ0) is 12.1. The summed E-state index contributed by atoms with van der Waals surface area (Å²) in [5.41, 5.74) is 2.48. The molecular formula is C13H20ClNO. The lowest BCUT2D eigenvalue weighted by Gasteiger charge is -2.23. The van der Waals surface area contributed by atoms with Gasteiger partial charge in [-0.05, 0) is 37.7 Å². The first kappa shape index (κ1) is 13.3. The Bertz CT molecular complexity index is 339. The van der Waals surface area contributed by atoms with Crippen LogP contribution >= 0.6 is 11.6 Å². The molecule has 0 heterocycles. The molecule has 16 heavy (non-hydrogen) atoms. The topological polar surface area (TPSA) is 12.5 Å². The molecule has 2 nitrogen and oxygen atoms in total. The third-order valence-electron chi connectivity index (χ3n) is 2.84. The summed E-state index contributed by atoms with van der Waals surface area (Å²) < 4.78 is 5.32. The molecule has 0 amide bonds. The minimum atomic E-state index is 0.262. The molecule has 90 valence electrons.